The van der Waals surface area contributed by atoms with E-state index in [4.69, 9.17) is 5.11 Å². The average molecular weight is 271 g/mol. The van der Waals surface area contributed by atoms with Crippen molar-refractivity contribution < 1.29 is 13.5 Å². The molecule has 0 amide bonds. The van der Waals surface area contributed by atoms with E-state index in [2.05, 4.69) is 0 Å². The molecule has 0 saturated heterocycles. The normalized spacial score (nSPS) is 11.6. The molecule has 1 N–H and O–H groups in total. The number of nitrogens with zero attached hydrogens (tertiary/aromatic N) is 1. The van der Waals surface area contributed by atoms with Crippen LogP contribution in [0.15, 0.2) is 18.2 Å². The topological polar surface area (TPSA) is 57.6 Å². The van der Waals surface area contributed by atoms with Gasteiger partial charge in [-0.2, -0.15) is 0 Å². The van der Waals surface area contributed by atoms with Crippen molar-refractivity contribution in [1.82, 2.24) is 0 Å². The summed E-state index contributed by atoms with van der Waals surface area (Å²) in [5, 5.41) is 8.68. The van der Waals surface area contributed by atoms with Crippen molar-refractivity contribution in [3.8, 4) is 0 Å². The van der Waals surface area contributed by atoms with Gasteiger partial charge in [-0.1, -0.05) is 6.07 Å². The number of rotatable bonds is 6. The smallest absolute Gasteiger partial charge is 0.234 e. The minimum Gasteiger partial charge on any atom is -0.396 e. The van der Waals surface area contributed by atoms with E-state index in [0.29, 0.717) is 18.5 Å². The van der Waals surface area contributed by atoms with Gasteiger partial charge in [0.25, 0.3) is 0 Å². The van der Waals surface area contributed by atoms with Gasteiger partial charge in [-0.15, -0.1) is 0 Å². The molecule has 0 aromatic heterocycles. The Morgan fingerprint density at radius 2 is 1.67 bits per heavy atom. The molecule has 0 atom stereocenters. The van der Waals surface area contributed by atoms with E-state index >= 15 is 0 Å². The summed E-state index contributed by atoms with van der Waals surface area (Å²) in [5.74, 6) is 0.0665. The second-order valence-corrected chi connectivity index (χ2v) is 6.68. The van der Waals surface area contributed by atoms with Crippen LogP contribution < -0.4 is 4.31 Å². The van der Waals surface area contributed by atoms with Gasteiger partial charge >= 0.3 is 0 Å². The number of benzene rings is 1. The molecule has 0 fully saturated rings. The second kappa shape index (κ2) is 6.20. The van der Waals surface area contributed by atoms with E-state index in [1.807, 2.05) is 32.0 Å². The number of hydrogen-bond acceptors (Lipinski definition) is 3. The molecular weight excluding hydrogens is 250 g/mol. The number of aliphatic hydroxyl groups excluding tert-OH is 1. The zero-order valence-electron chi connectivity index (χ0n) is 11.2. The average Bonchev–Trinajstić information content (AvgIpc) is 2.27. The van der Waals surface area contributed by atoms with Crippen LogP contribution in [0.3, 0.4) is 0 Å². The molecule has 0 saturated carbocycles. The second-order valence-electron chi connectivity index (χ2n) is 4.56. The van der Waals surface area contributed by atoms with Gasteiger partial charge in [0.15, 0.2) is 0 Å². The summed E-state index contributed by atoms with van der Waals surface area (Å²) in [6.07, 6.45) is 0.994. The first-order valence-electron chi connectivity index (χ1n) is 6.02. The minimum absolute atomic E-state index is 0.0305. The number of anilines is 1. The summed E-state index contributed by atoms with van der Waals surface area (Å²) in [5.41, 5.74) is 2.78. The van der Waals surface area contributed by atoms with Crippen LogP contribution in [0.1, 0.15) is 24.0 Å². The van der Waals surface area contributed by atoms with Gasteiger partial charge in [0.1, 0.15) is 0 Å². The van der Waals surface area contributed by atoms with Crippen molar-refractivity contribution in [2.75, 3.05) is 23.7 Å². The summed E-state index contributed by atoms with van der Waals surface area (Å²) >= 11 is 0. The molecule has 0 spiro atoms. The zero-order valence-corrected chi connectivity index (χ0v) is 12.0. The predicted octanol–water partition coefficient (Wildman–Crippen LogP) is 1.84. The number of sulfonamides is 1. The van der Waals surface area contributed by atoms with Crippen LogP contribution in [-0.4, -0.2) is 32.9 Å². The monoisotopic (exact) mass is 271 g/mol. The molecule has 0 aliphatic rings. The fraction of sp³-hybridized carbons (Fsp3) is 0.538. The standard InChI is InChI=1S/C13H21NO3S/c1-11-8-12(2)10-13(9-11)14(3)18(16,17)7-5-4-6-15/h8-10,15H,4-7H2,1-3H3. The molecule has 0 bridgehead atoms. The minimum atomic E-state index is -3.30. The molecule has 0 unspecified atom stereocenters. The maximum Gasteiger partial charge on any atom is 0.234 e. The summed E-state index contributed by atoms with van der Waals surface area (Å²) in [7, 11) is -1.72. The van der Waals surface area contributed by atoms with Gasteiger partial charge < -0.3 is 5.11 Å². The highest BCUT2D eigenvalue weighted by Gasteiger charge is 2.18. The number of aryl methyl sites for hydroxylation is 2. The highest BCUT2D eigenvalue weighted by molar-refractivity contribution is 7.92. The molecule has 0 aliphatic heterocycles. The number of hydrogen-bond donors (Lipinski definition) is 1. The lowest BCUT2D eigenvalue weighted by atomic mass is 10.1. The predicted molar refractivity (Wildman–Crippen MR) is 74.4 cm³/mol. The fourth-order valence-corrected chi connectivity index (χ4v) is 3.10. The first-order chi connectivity index (χ1) is 8.36. The van der Waals surface area contributed by atoms with Crippen LogP contribution in [0.4, 0.5) is 5.69 Å². The lowest BCUT2D eigenvalue weighted by Gasteiger charge is -2.20. The zero-order chi connectivity index (χ0) is 13.8. The maximum absolute atomic E-state index is 12.1. The van der Waals surface area contributed by atoms with E-state index in [-0.39, 0.29) is 12.4 Å². The Labute approximate surface area is 109 Å². The molecule has 0 heterocycles. The van der Waals surface area contributed by atoms with Gasteiger partial charge in [0.2, 0.25) is 10.0 Å². The Balaban J connectivity index is 2.88. The van der Waals surface area contributed by atoms with Crippen molar-refractivity contribution in [2.45, 2.75) is 26.7 Å². The Hall–Kier alpha value is -1.07. The third-order valence-corrected chi connectivity index (χ3v) is 4.65. The Bertz CT molecular complexity index is 477. The summed E-state index contributed by atoms with van der Waals surface area (Å²) < 4.78 is 25.5. The molecule has 0 radical (unpaired) electrons. The Kier molecular flexibility index (Phi) is 5.16. The molecule has 102 valence electrons. The Morgan fingerprint density at radius 3 is 2.17 bits per heavy atom. The highest BCUT2D eigenvalue weighted by atomic mass is 32.2. The van der Waals surface area contributed by atoms with Crippen molar-refractivity contribution in [3.63, 3.8) is 0 Å². The largest absolute Gasteiger partial charge is 0.396 e. The molecule has 5 heteroatoms. The quantitative estimate of drug-likeness (QED) is 0.803. The SMILES string of the molecule is Cc1cc(C)cc(N(C)S(=O)(=O)CCCCO)c1. The van der Waals surface area contributed by atoms with Crippen LogP contribution in [0.5, 0.6) is 0 Å². The van der Waals surface area contributed by atoms with Gasteiger partial charge in [-0.05, 0) is 49.9 Å². The van der Waals surface area contributed by atoms with Crippen LogP contribution in [-0.2, 0) is 10.0 Å². The van der Waals surface area contributed by atoms with Crippen LogP contribution in [0.25, 0.3) is 0 Å². The molecule has 4 nitrogen and oxygen atoms in total. The Morgan fingerprint density at radius 1 is 1.11 bits per heavy atom. The van der Waals surface area contributed by atoms with Crippen LogP contribution in [0, 0.1) is 13.8 Å². The van der Waals surface area contributed by atoms with E-state index in [0.717, 1.165) is 11.1 Å². The number of unbranched alkanes of at least 4 members (excludes halogenated alkanes) is 1. The fourth-order valence-electron chi connectivity index (χ4n) is 1.83. The van der Waals surface area contributed by atoms with Crippen molar-refractivity contribution in [3.05, 3.63) is 29.3 Å². The van der Waals surface area contributed by atoms with Gasteiger partial charge in [0.05, 0.1) is 11.4 Å². The molecule has 1 aromatic carbocycles. The summed E-state index contributed by atoms with van der Waals surface area (Å²) in [6, 6.07) is 5.73. The molecule has 0 aliphatic carbocycles. The van der Waals surface area contributed by atoms with Gasteiger partial charge in [0, 0.05) is 13.7 Å². The highest BCUT2D eigenvalue weighted by Crippen LogP contribution is 2.20. The van der Waals surface area contributed by atoms with E-state index in [1.165, 1.54) is 4.31 Å². The van der Waals surface area contributed by atoms with E-state index < -0.39 is 10.0 Å². The molecule has 18 heavy (non-hydrogen) atoms. The van der Waals surface area contributed by atoms with Crippen LogP contribution in [0.2, 0.25) is 0 Å². The molecular formula is C13H21NO3S. The van der Waals surface area contributed by atoms with E-state index in [1.54, 1.807) is 7.05 Å². The van der Waals surface area contributed by atoms with Crippen molar-refractivity contribution in [1.29, 1.82) is 0 Å². The third kappa shape index (κ3) is 3.99. The third-order valence-electron chi connectivity index (χ3n) is 2.80. The van der Waals surface area contributed by atoms with Crippen molar-refractivity contribution in [2.24, 2.45) is 0 Å². The summed E-state index contributed by atoms with van der Waals surface area (Å²) in [6.45, 7) is 3.92. The lowest BCUT2D eigenvalue weighted by Crippen LogP contribution is -2.29. The molecule has 1 aromatic rings. The maximum atomic E-state index is 12.1. The van der Waals surface area contributed by atoms with Crippen molar-refractivity contribution >= 4 is 15.7 Å². The van der Waals surface area contributed by atoms with E-state index in [9.17, 15) is 8.42 Å². The number of aliphatic hydroxyl groups is 1. The first kappa shape index (κ1) is 15.0. The summed E-state index contributed by atoms with van der Waals surface area (Å²) in [4.78, 5) is 0. The molecule has 1 rings (SSSR count). The van der Waals surface area contributed by atoms with Gasteiger partial charge in [-0.25, -0.2) is 8.42 Å². The first-order valence-corrected chi connectivity index (χ1v) is 7.63. The lowest BCUT2D eigenvalue weighted by molar-refractivity contribution is 0.287. The van der Waals surface area contributed by atoms with Crippen LogP contribution >= 0.6 is 0 Å². The van der Waals surface area contributed by atoms with Gasteiger partial charge in [-0.3, -0.25) is 4.31 Å².